The number of hydrogen-bond acceptors (Lipinski definition) is 9. The Morgan fingerprint density at radius 3 is 2.19 bits per heavy atom. The Morgan fingerprint density at radius 1 is 1.10 bits per heavy atom. The van der Waals surface area contributed by atoms with Crippen LogP contribution in [0.25, 0.3) is 0 Å². The number of Topliss-reactive ketones (excluding diaryl/α,β-unsaturated/α-hetero) is 1. The first kappa shape index (κ1) is 26.6. The monoisotopic (exact) mass is 441 g/mol. The van der Waals surface area contributed by atoms with E-state index in [-0.39, 0.29) is 24.4 Å². The lowest BCUT2D eigenvalue weighted by atomic mass is 9.85. The molecule has 0 fully saturated rings. The van der Waals surface area contributed by atoms with Gasteiger partial charge < -0.3 is 36.6 Å². The van der Waals surface area contributed by atoms with Gasteiger partial charge in [0, 0.05) is 18.5 Å². The van der Waals surface area contributed by atoms with E-state index in [1.165, 1.54) is 6.07 Å². The molecule has 0 aliphatic heterocycles. The number of carbonyl (C=O) groups is 3. The molecule has 10 N–H and O–H groups in total. The zero-order chi connectivity index (χ0) is 24.0. The zero-order valence-electron chi connectivity index (χ0n) is 17.5. The first-order chi connectivity index (χ1) is 14.2. The molecule has 1 aromatic rings. The second-order valence-corrected chi connectivity index (χ2v) is 7.87. The molecule has 1 amide bonds. The number of ketones is 1. The molecule has 2 atom stereocenters. The fraction of sp³-hybridized carbons (Fsp3) is 0.550. The number of carboxylic acid groups (broad SMARTS) is 1. The predicted octanol–water partition coefficient (Wildman–Crippen LogP) is -1.13. The molecule has 11 heteroatoms. The molecule has 1 aromatic carbocycles. The van der Waals surface area contributed by atoms with Gasteiger partial charge in [0.2, 0.25) is 11.7 Å². The highest BCUT2D eigenvalue weighted by Crippen LogP contribution is 2.25. The van der Waals surface area contributed by atoms with Crippen LogP contribution in [0.4, 0.5) is 5.69 Å². The lowest BCUT2D eigenvalue weighted by molar-refractivity contribution is -0.209. The Bertz CT molecular complexity index is 789. The van der Waals surface area contributed by atoms with Crippen LogP contribution in [0, 0.1) is 11.8 Å². The van der Waals surface area contributed by atoms with Gasteiger partial charge in [-0.1, -0.05) is 32.0 Å². The van der Waals surface area contributed by atoms with Gasteiger partial charge in [0.1, 0.15) is 0 Å². The van der Waals surface area contributed by atoms with Crippen molar-refractivity contribution in [2.24, 2.45) is 23.3 Å². The van der Waals surface area contributed by atoms with Crippen molar-refractivity contribution >= 4 is 23.3 Å². The fourth-order valence-corrected chi connectivity index (χ4v) is 2.91. The third kappa shape index (κ3) is 7.98. The standard InChI is InChI=1S/C20H31N3O8/c1-11(2)16(21)17(26)13(20(22,30)31)9-10-19(28,29)18(27)23-14-6-4-3-5-12(14)7-8-15(24)25/h3-6,11,13,16,28-31H,7-10,21-22H2,1-2H3,(H,23,27)(H,24,25)/t13?,16-/m0/s1. The summed E-state index contributed by atoms with van der Waals surface area (Å²) in [6.45, 7) is 3.29. The molecule has 0 bridgehead atoms. The van der Waals surface area contributed by atoms with Crippen LogP contribution < -0.4 is 16.8 Å². The van der Waals surface area contributed by atoms with Gasteiger partial charge in [-0.3, -0.25) is 20.1 Å². The summed E-state index contributed by atoms with van der Waals surface area (Å²) in [5.74, 6) is -11.0. The average Bonchev–Trinajstić information content (AvgIpc) is 2.65. The Balaban J connectivity index is 2.92. The number of anilines is 1. The van der Waals surface area contributed by atoms with Gasteiger partial charge >= 0.3 is 5.97 Å². The Kier molecular flexibility index (Phi) is 9.24. The molecule has 31 heavy (non-hydrogen) atoms. The van der Waals surface area contributed by atoms with Crippen LogP contribution in [0.1, 0.15) is 38.7 Å². The normalized spacial score (nSPS) is 14.2. The van der Waals surface area contributed by atoms with Crippen LogP contribution >= 0.6 is 0 Å². The molecule has 11 nitrogen and oxygen atoms in total. The minimum atomic E-state index is -2.98. The molecule has 0 aliphatic carbocycles. The van der Waals surface area contributed by atoms with Crippen LogP contribution in [0.3, 0.4) is 0 Å². The molecule has 0 saturated heterocycles. The summed E-state index contributed by atoms with van der Waals surface area (Å²) in [4.78, 5) is 35.6. The maximum atomic E-state index is 12.4. The number of hydrogen-bond donors (Lipinski definition) is 8. The average molecular weight is 441 g/mol. The third-order valence-electron chi connectivity index (χ3n) is 4.92. The summed E-state index contributed by atoms with van der Waals surface area (Å²) < 4.78 is 0. The van der Waals surface area contributed by atoms with Crippen molar-refractivity contribution in [1.82, 2.24) is 0 Å². The summed E-state index contributed by atoms with van der Waals surface area (Å²) in [5, 5.41) is 51.0. The zero-order valence-corrected chi connectivity index (χ0v) is 17.5. The number of carbonyl (C=O) groups excluding carboxylic acids is 2. The quantitative estimate of drug-likeness (QED) is 0.182. The van der Waals surface area contributed by atoms with E-state index in [0.717, 1.165) is 0 Å². The van der Waals surface area contributed by atoms with E-state index in [9.17, 15) is 34.8 Å². The van der Waals surface area contributed by atoms with E-state index in [1.807, 2.05) is 0 Å². The molecule has 0 saturated carbocycles. The Morgan fingerprint density at radius 2 is 1.68 bits per heavy atom. The van der Waals surface area contributed by atoms with E-state index >= 15 is 0 Å². The van der Waals surface area contributed by atoms with E-state index in [2.05, 4.69) is 5.32 Å². The molecule has 174 valence electrons. The second kappa shape index (κ2) is 10.8. The van der Waals surface area contributed by atoms with Gasteiger partial charge in [-0.05, 0) is 30.4 Å². The number of benzene rings is 1. The number of rotatable bonds is 12. The van der Waals surface area contributed by atoms with Crippen molar-refractivity contribution in [1.29, 1.82) is 0 Å². The summed E-state index contributed by atoms with van der Waals surface area (Å²) in [7, 11) is 0. The highest BCUT2D eigenvalue weighted by molar-refractivity contribution is 5.96. The summed E-state index contributed by atoms with van der Waals surface area (Å²) in [5.41, 5.74) is 11.7. The van der Waals surface area contributed by atoms with Gasteiger partial charge in [0.15, 0.2) is 5.78 Å². The lowest BCUT2D eigenvalue weighted by Crippen LogP contribution is -2.55. The van der Waals surface area contributed by atoms with Crippen LogP contribution in [-0.4, -0.2) is 60.9 Å². The van der Waals surface area contributed by atoms with Crippen LogP contribution in [0.2, 0.25) is 0 Å². The minimum absolute atomic E-state index is 0.101. The molecule has 1 unspecified atom stereocenters. The SMILES string of the molecule is CC(C)[C@H](N)C(=O)C(CCC(O)(O)C(=O)Nc1ccccc1CCC(=O)O)C(N)(O)O. The minimum Gasteiger partial charge on any atom is -0.481 e. The molecule has 0 aromatic heterocycles. The first-order valence-electron chi connectivity index (χ1n) is 9.75. The van der Waals surface area contributed by atoms with Gasteiger partial charge in [0.05, 0.1) is 12.0 Å². The molecule has 1 rings (SSSR count). The molecule has 0 spiro atoms. The van der Waals surface area contributed by atoms with E-state index in [4.69, 9.17) is 16.6 Å². The number of aliphatic hydroxyl groups is 4. The first-order valence-corrected chi connectivity index (χ1v) is 9.75. The Hall–Kier alpha value is -2.41. The van der Waals surface area contributed by atoms with Crippen molar-refractivity contribution in [3.05, 3.63) is 29.8 Å². The van der Waals surface area contributed by atoms with Crippen LogP contribution in [0.5, 0.6) is 0 Å². The van der Waals surface area contributed by atoms with Crippen molar-refractivity contribution in [3.8, 4) is 0 Å². The molecule has 0 radical (unpaired) electrons. The number of amides is 1. The van der Waals surface area contributed by atoms with Crippen LogP contribution in [0.15, 0.2) is 24.3 Å². The summed E-state index contributed by atoms with van der Waals surface area (Å²) in [6, 6.07) is 5.17. The van der Waals surface area contributed by atoms with Crippen molar-refractivity contribution in [2.45, 2.75) is 57.3 Å². The smallest absolute Gasteiger partial charge is 0.303 e. The van der Waals surface area contributed by atoms with Gasteiger partial charge in [-0.25, -0.2) is 0 Å². The maximum Gasteiger partial charge on any atom is 0.303 e. The number of aryl methyl sites for hydroxylation is 1. The number of aliphatic carboxylic acids is 1. The summed E-state index contributed by atoms with van der Waals surface area (Å²) in [6.07, 6.45) is -1.40. The molecule has 0 aliphatic rings. The van der Waals surface area contributed by atoms with E-state index < -0.39 is 54.2 Å². The third-order valence-corrected chi connectivity index (χ3v) is 4.92. The van der Waals surface area contributed by atoms with Crippen molar-refractivity contribution in [2.75, 3.05) is 5.32 Å². The highest BCUT2D eigenvalue weighted by atomic mass is 16.5. The van der Waals surface area contributed by atoms with Crippen LogP contribution in [-0.2, 0) is 20.8 Å². The number of para-hydroxylation sites is 1. The van der Waals surface area contributed by atoms with Gasteiger partial charge in [-0.15, -0.1) is 0 Å². The van der Waals surface area contributed by atoms with Gasteiger partial charge in [0.25, 0.3) is 5.91 Å². The second-order valence-electron chi connectivity index (χ2n) is 7.87. The molecular weight excluding hydrogens is 410 g/mol. The van der Waals surface area contributed by atoms with Crippen molar-refractivity contribution in [3.63, 3.8) is 0 Å². The van der Waals surface area contributed by atoms with Gasteiger partial charge in [-0.2, -0.15) is 0 Å². The largest absolute Gasteiger partial charge is 0.481 e. The predicted molar refractivity (Wildman–Crippen MR) is 110 cm³/mol. The topological polar surface area (TPSA) is 216 Å². The number of carboxylic acids is 1. The summed E-state index contributed by atoms with van der Waals surface area (Å²) >= 11 is 0. The van der Waals surface area contributed by atoms with E-state index in [1.54, 1.807) is 32.0 Å². The number of nitrogens with one attached hydrogen (secondary N) is 1. The number of nitrogens with two attached hydrogens (primary N) is 2. The maximum absolute atomic E-state index is 12.4. The van der Waals surface area contributed by atoms with E-state index in [0.29, 0.717) is 5.56 Å². The molecule has 0 heterocycles. The lowest BCUT2D eigenvalue weighted by Gasteiger charge is -2.31. The fourth-order valence-electron chi connectivity index (χ4n) is 2.91. The van der Waals surface area contributed by atoms with Crippen molar-refractivity contribution < 1.29 is 39.9 Å². The highest BCUT2D eigenvalue weighted by Gasteiger charge is 2.43. The molecular formula is C20H31N3O8. The Labute approximate surface area is 179 Å².